The molecule has 4 aromatic rings. The van der Waals surface area contributed by atoms with E-state index in [-0.39, 0.29) is 30.1 Å². The summed E-state index contributed by atoms with van der Waals surface area (Å²) in [5.74, 6) is -0.580. The van der Waals surface area contributed by atoms with Gasteiger partial charge in [0.25, 0.3) is 5.91 Å². The molecule has 1 atom stereocenters. The Hall–Kier alpha value is -4.88. The third kappa shape index (κ3) is 7.18. The highest BCUT2D eigenvalue weighted by molar-refractivity contribution is 5.98. The first-order chi connectivity index (χ1) is 20.8. The number of benzene rings is 2. The SMILES string of the molecule is CC(C)(C)OC(=O)N1CCC[C@@H](n2nc(-c3ccc(CNC(=O)c4ccc(OC(F)(F)F)cc4)cc3)c3c(N)ncnc32)C1. The van der Waals surface area contributed by atoms with E-state index in [4.69, 9.17) is 15.6 Å². The van der Waals surface area contributed by atoms with Crippen LogP contribution in [0.15, 0.2) is 54.9 Å². The number of carbonyl (C=O) groups excluding carboxylic acids is 2. The fourth-order valence-electron chi connectivity index (χ4n) is 4.97. The Balaban J connectivity index is 1.31. The van der Waals surface area contributed by atoms with Crippen LogP contribution in [-0.4, -0.2) is 61.7 Å². The smallest absolute Gasteiger partial charge is 0.444 e. The number of aromatic nitrogens is 4. The molecular weight excluding hydrogens is 579 g/mol. The van der Waals surface area contributed by atoms with Crippen LogP contribution < -0.4 is 15.8 Å². The van der Waals surface area contributed by atoms with Crippen molar-refractivity contribution in [1.29, 1.82) is 0 Å². The fourth-order valence-corrected chi connectivity index (χ4v) is 4.97. The molecule has 3 heterocycles. The summed E-state index contributed by atoms with van der Waals surface area (Å²) in [6, 6.07) is 11.9. The molecule has 0 radical (unpaired) electrons. The van der Waals surface area contributed by atoms with Crippen molar-refractivity contribution in [2.45, 2.75) is 58.2 Å². The summed E-state index contributed by atoms with van der Waals surface area (Å²) in [6.07, 6.45) is -2.24. The molecule has 14 heteroatoms. The van der Waals surface area contributed by atoms with Crippen LogP contribution in [0.4, 0.5) is 23.8 Å². The predicted octanol–water partition coefficient (Wildman–Crippen LogP) is 5.48. The van der Waals surface area contributed by atoms with E-state index < -0.39 is 23.6 Å². The van der Waals surface area contributed by atoms with Crippen molar-refractivity contribution in [3.8, 4) is 17.0 Å². The van der Waals surface area contributed by atoms with Crippen LogP contribution in [0.5, 0.6) is 5.75 Å². The third-order valence-electron chi connectivity index (χ3n) is 6.94. The number of anilines is 1. The van der Waals surface area contributed by atoms with Gasteiger partial charge in [0.15, 0.2) is 5.65 Å². The fraction of sp³-hybridized carbons (Fsp3) is 0.367. The van der Waals surface area contributed by atoms with Crippen LogP contribution in [0.1, 0.15) is 55.6 Å². The van der Waals surface area contributed by atoms with Crippen LogP contribution in [-0.2, 0) is 11.3 Å². The molecule has 0 bridgehead atoms. The third-order valence-corrected chi connectivity index (χ3v) is 6.94. The molecule has 1 saturated heterocycles. The average Bonchev–Trinajstić information content (AvgIpc) is 3.36. The molecule has 1 fully saturated rings. The molecule has 2 aromatic carbocycles. The molecule has 2 aromatic heterocycles. The first kappa shape index (κ1) is 30.6. The lowest BCUT2D eigenvalue weighted by atomic mass is 10.1. The maximum atomic E-state index is 12.8. The van der Waals surface area contributed by atoms with Crippen molar-refractivity contribution in [2.24, 2.45) is 0 Å². The maximum Gasteiger partial charge on any atom is 0.573 e. The number of fused-ring (bicyclic) bond motifs is 1. The summed E-state index contributed by atoms with van der Waals surface area (Å²) in [6.45, 7) is 6.67. The van der Waals surface area contributed by atoms with E-state index >= 15 is 0 Å². The van der Waals surface area contributed by atoms with Gasteiger partial charge in [0, 0.05) is 30.8 Å². The lowest BCUT2D eigenvalue weighted by Gasteiger charge is -2.34. The van der Waals surface area contributed by atoms with Gasteiger partial charge in [0.2, 0.25) is 0 Å². The van der Waals surface area contributed by atoms with E-state index in [0.29, 0.717) is 29.8 Å². The minimum Gasteiger partial charge on any atom is -0.444 e. The van der Waals surface area contributed by atoms with Gasteiger partial charge in [-0.25, -0.2) is 19.4 Å². The molecule has 5 rings (SSSR count). The van der Waals surface area contributed by atoms with Crippen LogP contribution in [0.3, 0.4) is 0 Å². The van der Waals surface area contributed by atoms with E-state index in [1.807, 2.05) is 45.0 Å². The van der Waals surface area contributed by atoms with Crippen LogP contribution >= 0.6 is 0 Å². The van der Waals surface area contributed by atoms with Gasteiger partial charge in [-0.3, -0.25) is 4.79 Å². The second-order valence-corrected chi connectivity index (χ2v) is 11.4. The summed E-state index contributed by atoms with van der Waals surface area (Å²) in [4.78, 5) is 35.6. The molecule has 11 nitrogen and oxygen atoms in total. The molecule has 1 aliphatic rings. The maximum absolute atomic E-state index is 12.8. The Bertz CT molecular complexity index is 1650. The second-order valence-electron chi connectivity index (χ2n) is 11.4. The van der Waals surface area contributed by atoms with E-state index in [1.54, 1.807) is 9.58 Å². The van der Waals surface area contributed by atoms with E-state index in [0.717, 1.165) is 36.1 Å². The topological polar surface area (TPSA) is 137 Å². The number of rotatable bonds is 6. The largest absolute Gasteiger partial charge is 0.573 e. The van der Waals surface area contributed by atoms with Crippen LogP contribution in [0.25, 0.3) is 22.3 Å². The minimum atomic E-state index is -4.81. The number of nitrogen functional groups attached to an aromatic ring is 1. The van der Waals surface area contributed by atoms with Crippen LogP contribution in [0, 0.1) is 0 Å². The highest BCUT2D eigenvalue weighted by Crippen LogP contribution is 2.34. The number of nitrogens with zero attached hydrogens (tertiary/aromatic N) is 5. The first-order valence-electron chi connectivity index (χ1n) is 14.0. The zero-order valence-corrected chi connectivity index (χ0v) is 24.4. The predicted molar refractivity (Wildman–Crippen MR) is 156 cm³/mol. The number of piperidine rings is 1. The lowest BCUT2D eigenvalue weighted by Crippen LogP contribution is -2.43. The number of hydrogen-bond donors (Lipinski definition) is 2. The molecule has 0 saturated carbocycles. The number of hydrogen-bond acceptors (Lipinski definition) is 8. The van der Waals surface area contributed by atoms with Crippen LogP contribution in [0.2, 0.25) is 0 Å². The summed E-state index contributed by atoms with van der Waals surface area (Å²) in [5.41, 5.74) is 8.56. The number of amides is 2. The van der Waals surface area contributed by atoms with E-state index in [9.17, 15) is 22.8 Å². The highest BCUT2D eigenvalue weighted by atomic mass is 19.4. The van der Waals surface area contributed by atoms with Gasteiger partial charge in [-0.05, 0) is 63.4 Å². The van der Waals surface area contributed by atoms with Crippen molar-refractivity contribution in [2.75, 3.05) is 18.8 Å². The van der Waals surface area contributed by atoms with E-state index in [1.165, 1.54) is 18.5 Å². The Labute approximate surface area is 251 Å². The molecule has 44 heavy (non-hydrogen) atoms. The number of alkyl halides is 3. The monoisotopic (exact) mass is 611 g/mol. The number of nitrogens with two attached hydrogens (primary N) is 1. The molecule has 2 amide bonds. The molecule has 0 unspecified atom stereocenters. The van der Waals surface area contributed by atoms with Crippen molar-refractivity contribution < 1.29 is 32.2 Å². The summed E-state index contributed by atoms with van der Waals surface area (Å²) < 4.78 is 48.4. The van der Waals surface area contributed by atoms with Crippen molar-refractivity contribution in [3.63, 3.8) is 0 Å². The summed E-state index contributed by atoms with van der Waals surface area (Å²) in [7, 11) is 0. The number of nitrogens with one attached hydrogen (secondary N) is 1. The van der Waals surface area contributed by atoms with Crippen molar-refractivity contribution >= 4 is 28.9 Å². The second kappa shape index (κ2) is 12.0. The van der Waals surface area contributed by atoms with Crippen molar-refractivity contribution in [1.82, 2.24) is 30.0 Å². The molecule has 232 valence electrons. The van der Waals surface area contributed by atoms with E-state index in [2.05, 4.69) is 20.0 Å². The molecule has 3 N–H and O–H groups in total. The number of carbonyl (C=O) groups is 2. The zero-order valence-electron chi connectivity index (χ0n) is 24.4. The minimum absolute atomic E-state index is 0.148. The Morgan fingerprint density at radius 2 is 1.75 bits per heavy atom. The normalized spacial score (nSPS) is 15.7. The lowest BCUT2D eigenvalue weighted by molar-refractivity contribution is -0.274. The summed E-state index contributed by atoms with van der Waals surface area (Å²) in [5, 5.41) is 8.24. The first-order valence-corrected chi connectivity index (χ1v) is 14.0. The van der Waals surface area contributed by atoms with Gasteiger partial charge in [0.1, 0.15) is 29.2 Å². The zero-order chi connectivity index (χ0) is 31.6. The average molecular weight is 612 g/mol. The van der Waals surface area contributed by atoms with Gasteiger partial charge in [-0.15, -0.1) is 13.2 Å². The molecule has 0 spiro atoms. The summed E-state index contributed by atoms with van der Waals surface area (Å²) >= 11 is 0. The Morgan fingerprint density at radius 3 is 2.41 bits per heavy atom. The van der Waals surface area contributed by atoms with Gasteiger partial charge in [0.05, 0.1) is 11.4 Å². The quantitative estimate of drug-likeness (QED) is 0.293. The van der Waals surface area contributed by atoms with Crippen molar-refractivity contribution in [3.05, 3.63) is 66.0 Å². The molecule has 1 aliphatic heterocycles. The van der Waals surface area contributed by atoms with Gasteiger partial charge >= 0.3 is 12.5 Å². The number of ether oxygens (including phenoxy) is 2. The molecule has 0 aliphatic carbocycles. The Morgan fingerprint density at radius 1 is 1.05 bits per heavy atom. The van der Waals surface area contributed by atoms with Gasteiger partial charge in [-0.2, -0.15) is 5.10 Å². The molecular formula is C30H32F3N7O4. The highest BCUT2D eigenvalue weighted by Gasteiger charge is 2.32. The van der Waals surface area contributed by atoms with Gasteiger partial charge in [-0.1, -0.05) is 24.3 Å². The number of halogens is 3. The number of likely N-dealkylation sites (tertiary alicyclic amines) is 1. The Kier molecular flexibility index (Phi) is 8.35. The van der Waals surface area contributed by atoms with Gasteiger partial charge < -0.3 is 25.4 Å². The standard InChI is InChI=1S/C30H32F3N7O4/c1-29(2,3)44-28(42)39-14-4-5-21(16-39)40-26-23(25(34)36-17-37-26)24(38-40)19-8-6-18(7-9-19)15-35-27(41)20-10-12-22(13-11-20)43-30(31,32)33/h6-13,17,21H,4-5,14-16H2,1-3H3,(H,35,41)(H2,34,36,37)/t21-/m1/s1.